The summed E-state index contributed by atoms with van der Waals surface area (Å²) < 4.78 is 7.08. The summed E-state index contributed by atoms with van der Waals surface area (Å²) in [6.45, 7) is 7.81. The lowest BCUT2D eigenvalue weighted by molar-refractivity contribution is 0.178. The molecule has 0 bridgehead atoms. The van der Waals surface area contributed by atoms with Gasteiger partial charge in [-0.1, -0.05) is 13.8 Å². The van der Waals surface area contributed by atoms with E-state index in [2.05, 4.69) is 39.0 Å². The maximum absolute atomic E-state index is 11.1. The zero-order valence-corrected chi connectivity index (χ0v) is 13.0. The molecule has 8 nitrogen and oxygen atoms in total. The SMILES string of the molecule is CC(C)Cn1ncnc1CN1CCCC(c2n[nH]c(=O)o2)C1. The van der Waals surface area contributed by atoms with Crippen LogP contribution in [0.25, 0.3) is 0 Å². The molecule has 1 unspecified atom stereocenters. The summed E-state index contributed by atoms with van der Waals surface area (Å²) in [5.74, 6) is 1.71. The highest BCUT2D eigenvalue weighted by molar-refractivity contribution is 4.95. The summed E-state index contributed by atoms with van der Waals surface area (Å²) >= 11 is 0. The number of H-pyrrole nitrogens is 1. The van der Waals surface area contributed by atoms with E-state index in [1.54, 1.807) is 6.33 Å². The van der Waals surface area contributed by atoms with Gasteiger partial charge < -0.3 is 4.42 Å². The molecule has 1 aliphatic rings. The first-order valence-corrected chi connectivity index (χ1v) is 7.76. The van der Waals surface area contributed by atoms with E-state index in [4.69, 9.17) is 4.42 Å². The quantitative estimate of drug-likeness (QED) is 0.885. The molecule has 1 atom stereocenters. The van der Waals surface area contributed by atoms with Crippen molar-refractivity contribution in [2.75, 3.05) is 13.1 Å². The monoisotopic (exact) mass is 306 g/mol. The van der Waals surface area contributed by atoms with Crippen LogP contribution in [0.15, 0.2) is 15.5 Å². The van der Waals surface area contributed by atoms with Gasteiger partial charge in [0.2, 0.25) is 5.89 Å². The first-order chi connectivity index (χ1) is 10.6. The number of rotatable bonds is 5. The Labute approximate surface area is 128 Å². The van der Waals surface area contributed by atoms with Crippen LogP contribution in [0.1, 0.15) is 44.3 Å². The minimum Gasteiger partial charge on any atom is -0.392 e. The summed E-state index contributed by atoms with van der Waals surface area (Å²) in [5.41, 5.74) is 0. The molecule has 0 saturated carbocycles. The van der Waals surface area contributed by atoms with Crippen molar-refractivity contribution >= 4 is 0 Å². The van der Waals surface area contributed by atoms with Gasteiger partial charge in [-0.15, -0.1) is 5.10 Å². The molecule has 0 aliphatic carbocycles. The van der Waals surface area contributed by atoms with Crippen molar-refractivity contribution in [2.45, 2.75) is 45.7 Å². The second-order valence-electron chi connectivity index (χ2n) is 6.28. The molecule has 8 heteroatoms. The molecular formula is C14H22N6O2. The molecule has 2 aromatic rings. The first kappa shape index (κ1) is 15.0. The number of piperidine rings is 1. The first-order valence-electron chi connectivity index (χ1n) is 7.76. The number of nitrogens with zero attached hydrogens (tertiary/aromatic N) is 5. The molecule has 120 valence electrons. The lowest BCUT2D eigenvalue weighted by atomic mass is 9.98. The molecule has 1 aliphatic heterocycles. The molecule has 0 spiro atoms. The van der Waals surface area contributed by atoms with E-state index < -0.39 is 5.76 Å². The highest BCUT2D eigenvalue weighted by Crippen LogP contribution is 2.25. The molecule has 0 radical (unpaired) electrons. The van der Waals surface area contributed by atoms with Crippen molar-refractivity contribution in [1.29, 1.82) is 0 Å². The van der Waals surface area contributed by atoms with Crippen molar-refractivity contribution in [1.82, 2.24) is 29.9 Å². The average Bonchev–Trinajstić information content (AvgIpc) is 3.09. The van der Waals surface area contributed by atoms with Crippen molar-refractivity contribution in [2.24, 2.45) is 5.92 Å². The van der Waals surface area contributed by atoms with E-state index in [0.717, 1.165) is 44.8 Å². The number of aromatic nitrogens is 5. The molecule has 22 heavy (non-hydrogen) atoms. The van der Waals surface area contributed by atoms with Gasteiger partial charge in [0.25, 0.3) is 0 Å². The zero-order valence-electron chi connectivity index (χ0n) is 13.0. The third-order valence-corrected chi connectivity index (χ3v) is 3.91. The third-order valence-electron chi connectivity index (χ3n) is 3.91. The molecule has 1 fully saturated rings. The van der Waals surface area contributed by atoms with Gasteiger partial charge in [0.05, 0.1) is 12.5 Å². The van der Waals surface area contributed by atoms with E-state index in [1.165, 1.54) is 0 Å². The predicted octanol–water partition coefficient (Wildman–Crippen LogP) is 0.990. The Kier molecular flexibility index (Phi) is 4.37. The number of nitrogens with one attached hydrogen (secondary N) is 1. The van der Waals surface area contributed by atoms with Crippen LogP contribution in [0, 0.1) is 5.92 Å². The number of aromatic amines is 1. The Bertz CT molecular complexity index is 658. The fraction of sp³-hybridized carbons (Fsp3) is 0.714. The number of hydrogen-bond acceptors (Lipinski definition) is 6. The Morgan fingerprint density at radius 2 is 2.36 bits per heavy atom. The summed E-state index contributed by atoms with van der Waals surface area (Å²) in [7, 11) is 0. The minimum atomic E-state index is -0.483. The van der Waals surface area contributed by atoms with Crippen LogP contribution in [0.5, 0.6) is 0 Å². The van der Waals surface area contributed by atoms with E-state index in [-0.39, 0.29) is 5.92 Å². The smallest absolute Gasteiger partial charge is 0.392 e. The Hall–Kier alpha value is -1.96. The highest BCUT2D eigenvalue weighted by atomic mass is 16.4. The van der Waals surface area contributed by atoms with Gasteiger partial charge in [-0.05, 0) is 25.3 Å². The van der Waals surface area contributed by atoms with Gasteiger partial charge in [-0.2, -0.15) is 5.10 Å². The normalized spacial score (nSPS) is 19.9. The Balaban J connectivity index is 1.65. The number of hydrogen-bond donors (Lipinski definition) is 1. The Morgan fingerprint density at radius 3 is 3.09 bits per heavy atom. The van der Waals surface area contributed by atoms with Crippen LogP contribution < -0.4 is 5.76 Å². The number of likely N-dealkylation sites (tertiary alicyclic amines) is 1. The lowest BCUT2D eigenvalue weighted by Gasteiger charge is -2.30. The van der Waals surface area contributed by atoms with Gasteiger partial charge in [-0.25, -0.2) is 19.6 Å². The van der Waals surface area contributed by atoms with Crippen molar-refractivity contribution < 1.29 is 4.42 Å². The standard InChI is InChI=1S/C14H22N6O2/c1-10(2)6-20-12(15-9-16-20)8-19-5-3-4-11(7-19)13-17-18-14(21)22-13/h9-11H,3-8H2,1-2H3,(H,18,21). The van der Waals surface area contributed by atoms with E-state index in [9.17, 15) is 4.79 Å². The Morgan fingerprint density at radius 1 is 1.50 bits per heavy atom. The molecule has 0 aromatic carbocycles. The summed E-state index contributed by atoms with van der Waals surface area (Å²) in [6.07, 6.45) is 3.66. The molecule has 1 saturated heterocycles. The lowest BCUT2D eigenvalue weighted by Crippen LogP contribution is -2.35. The van der Waals surface area contributed by atoms with Gasteiger partial charge in [-0.3, -0.25) is 4.90 Å². The predicted molar refractivity (Wildman–Crippen MR) is 79.2 cm³/mol. The molecule has 2 aromatic heterocycles. The molecule has 0 amide bonds. The van der Waals surface area contributed by atoms with E-state index >= 15 is 0 Å². The fourth-order valence-corrected chi connectivity index (χ4v) is 2.93. The van der Waals surface area contributed by atoms with Gasteiger partial charge >= 0.3 is 5.76 Å². The van der Waals surface area contributed by atoms with Crippen LogP contribution in [0.3, 0.4) is 0 Å². The van der Waals surface area contributed by atoms with Gasteiger partial charge in [0.1, 0.15) is 12.2 Å². The maximum atomic E-state index is 11.1. The maximum Gasteiger partial charge on any atom is 0.434 e. The molecule has 1 N–H and O–H groups in total. The molecular weight excluding hydrogens is 284 g/mol. The van der Waals surface area contributed by atoms with Crippen LogP contribution >= 0.6 is 0 Å². The van der Waals surface area contributed by atoms with Crippen molar-refractivity contribution in [3.8, 4) is 0 Å². The van der Waals surface area contributed by atoms with Gasteiger partial charge in [0, 0.05) is 13.1 Å². The summed E-state index contributed by atoms with van der Waals surface area (Å²) in [5, 5.41) is 10.6. The average molecular weight is 306 g/mol. The van der Waals surface area contributed by atoms with Crippen LogP contribution in [-0.2, 0) is 13.1 Å². The van der Waals surface area contributed by atoms with Gasteiger partial charge in [0.15, 0.2) is 0 Å². The van der Waals surface area contributed by atoms with Crippen LogP contribution in [-0.4, -0.2) is 43.0 Å². The summed E-state index contributed by atoms with van der Waals surface area (Å²) in [6, 6.07) is 0. The minimum absolute atomic E-state index is 0.161. The summed E-state index contributed by atoms with van der Waals surface area (Å²) in [4.78, 5) is 17.8. The second-order valence-corrected chi connectivity index (χ2v) is 6.28. The second kappa shape index (κ2) is 6.43. The van der Waals surface area contributed by atoms with E-state index in [1.807, 2.05) is 4.68 Å². The largest absolute Gasteiger partial charge is 0.434 e. The molecule has 3 rings (SSSR count). The highest BCUT2D eigenvalue weighted by Gasteiger charge is 2.26. The zero-order chi connectivity index (χ0) is 15.5. The van der Waals surface area contributed by atoms with Crippen LogP contribution in [0.4, 0.5) is 0 Å². The van der Waals surface area contributed by atoms with E-state index in [0.29, 0.717) is 11.8 Å². The van der Waals surface area contributed by atoms with Crippen molar-refractivity contribution in [3.05, 3.63) is 28.6 Å². The van der Waals surface area contributed by atoms with Crippen LogP contribution in [0.2, 0.25) is 0 Å². The van der Waals surface area contributed by atoms with Crippen molar-refractivity contribution in [3.63, 3.8) is 0 Å². The topological polar surface area (TPSA) is 92.8 Å². The fourth-order valence-electron chi connectivity index (χ4n) is 2.93. The third kappa shape index (κ3) is 3.44. The molecule has 3 heterocycles.